The number of amides is 3. The molecule has 26 heavy (non-hydrogen) atoms. The number of nitrogens with zero attached hydrogens (tertiary/aromatic N) is 2. The Hall–Kier alpha value is -2.19. The molecule has 0 aliphatic carbocycles. The predicted octanol–water partition coefficient (Wildman–Crippen LogP) is 2.73. The van der Waals surface area contributed by atoms with E-state index >= 15 is 0 Å². The lowest BCUT2D eigenvalue weighted by molar-refractivity contribution is -0.135. The maximum Gasteiger partial charge on any atom is 0.294 e. The van der Waals surface area contributed by atoms with Crippen molar-refractivity contribution in [1.82, 2.24) is 9.80 Å². The number of thioether (sulfide) groups is 1. The maximum atomic E-state index is 12.6. The third-order valence-corrected chi connectivity index (χ3v) is 5.64. The third-order valence-electron chi connectivity index (χ3n) is 4.40. The van der Waals surface area contributed by atoms with E-state index in [1.807, 2.05) is 0 Å². The van der Waals surface area contributed by atoms with E-state index in [0.717, 1.165) is 29.5 Å². The first-order chi connectivity index (χ1) is 12.5. The Morgan fingerprint density at radius 1 is 1.19 bits per heavy atom. The summed E-state index contributed by atoms with van der Waals surface area (Å²) in [5, 5.41) is -0.0696. The first-order valence-corrected chi connectivity index (χ1v) is 9.34. The molecule has 0 saturated carbocycles. The fourth-order valence-corrected chi connectivity index (χ4v) is 4.06. The first kappa shape index (κ1) is 17.2. The largest absolute Gasteiger partial charge is 0.454 e. The van der Waals surface area contributed by atoms with Crippen molar-refractivity contribution < 1.29 is 23.9 Å². The number of carbonyl (C=O) groups excluding carboxylic acids is 3. The number of ether oxygens (including phenoxy) is 2. The van der Waals surface area contributed by atoms with Gasteiger partial charge < -0.3 is 14.4 Å². The zero-order chi connectivity index (χ0) is 18.3. The fourth-order valence-electron chi connectivity index (χ4n) is 3.02. The third kappa shape index (κ3) is 3.14. The van der Waals surface area contributed by atoms with Crippen LogP contribution in [0.25, 0.3) is 6.08 Å². The van der Waals surface area contributed by atoms with Gasteiger partial charge in [0.05, 0.1) is 9.93 Å². The number of imide groups is 1. The smallest absolute Gasteiger partial charge is 0.294 e. The van der Waals surface area contributed by atoms with Gasteiger partial charge in [-0.2, -0.15) is 0 Å². The van der Waals surface area contributed by atoms with Crippen LogP contribution >= 0.6 is 23.4 Å². The predicted molar refractivity (Wildman–Crippen MR) is 96.1 cm³/mol. The molecule has 0 atom stereocenters. The van der Waals surface area contributed by atoms with E-state index in [4.69, 9.17) is 21.1 Å². The van der Waals surface area contributed by atoms with Crippen LogP contribution in [0.1, 0.15) is 18.4 Å². The van der Waals surface area contributed by atoms with Crippen molar-refractivity contribution in [1.29, 1.82) is 0 Å². The summed E-state index contributed by atoms with van der Waals surface area (Å²) in [4.78, 5) is 39.9. The Bertz CT molecular complexity index is 835. The minimum Gasteiger partial charge on any atom is -0.454 e. The normalized spacial score (nSPS) is 20.6. The number of fused-ring (bicyclic) bond motifs is 1. The summed E-state index contributed by atoms with van der Waals surface area (Å²) in [6.07, 6.45) is 3.45. The fraction of sp³-hybridized carbons (Fsp3) is 0.353. The van der Waals surface area contributed by atoms with Gasteiger partial charge in [-0.25, -0.2) is 0 Å². The summed E-state index contributed by atoms with van der Waals surface area (Å²) in [7, 11) is 0. The molecule has 2 fully saturated rings. The van der Waals surface area contributed by atoms with Gasteiger partial charge in [-0.15, -0.1) is 0 Å². The SMILES string of the molecule is O=C(CN1C(=O)S/C(=C/c2cc3c(cc2Cl)OCO3)C1=O)N1CCCC1. The van der Waals surface area contributed by atoms with Crippen LogP contribution in [0.3, 0.4) is 0 Å². The molecule has 1 aromatic carbocycles. The molecule has 0 N–H and O–H groups in total. The van der Waals surface area contributed by atoms with Crippen LogP contribution in [0.4, 0.5) is 4.79 Å². The highest BCUT2D eigenvalue weighted by molar-refractivity contribution is 8.18. The van der Waals surface area contributed by atoms with Gasteiger partial charge in [-0.1, -0.05) is 11.6 Å². The second-order valence-corrected chi connectivity index (χ2v) is 7.48. The topological polar surface area (TPSA) is 76.1 Å². The molecule has 1 aromatic rings. The van der Waals surface area contributed by atoms with Crippen LogP contribution in [0, 0.1) is 0 Å². The molecular formula is C17H15ClN2O5S. The number of hydrogen-bond donors (Lipinski definition) is 0. The van der Waals surface area contributed by atoms with E-state index in [1.54, 1.807) is 17.0 Å². The minimum absolute atomic E-state index is 0.115. The van der Waals surface area contributed by atoms with Crippen molar-refractivity contribution in [3.05, 3.63) is 27.6 Å². The standard InChI is InChI=1S/C17H15ClN2O5S/c18-11-7-13-12(24-9-25-13)5-10(11)6-14-16(22)20(17(23)26-14)8-15(21)19-3-1-2-4-19/h5-7H,1-4,8-9H2/b14-6+. The van der Waals surface area contributed by atoms with Gasteiger partial charge >= 0.3 is 0 Å². The van der Waals surface area contributed by atoms with Gasteiger partial charge in [0.2, 0.25) is 12.7 Å². The Morgan fingerprint density at radius 3 is 2.62 bits per heavy atom. The van der Waals surface area contributed by atoms with Crippen molar-refractivity contribution in [3.8, 4) is 11.5 Å². The van der Waals surface area contributed by atoms with E-state index in [9.17, 15) is 14.4 Å². The van der Waals surface area contributed by atoms with Gasteiger partial charge in [-0.3, -0.25) is 19.3 Å². The number of likely N-dealkylation sites (tertiary alicyclic amines) is 1. The lowest BCUT2D eigenvalue weighted by atomic mass is 10.2. The van der Waals surface area contributed by atoms with Crippen molar-refractivity contribution in [2.75, 3.05) is 26.4 Å². The molecular weight excluding hydrogens is 380 g/mol. The number of hydrogen-bond acceptors (Lipinski definition) is 6. The monoisotopic (exact) mass is 394 g/mol. The number of rotatable bonds is 3. The Labute approximate surface area is 158 Å². The van der Waals surface area contributed by atoms with Crippen LogP contribution in [0.2, 0.25) is 5.02 Å². The summed E-state index contributed by atoms with van der Waals surface area (Å²) in [6, 6.07) is 3.27. The Kier molecular flexibility index (Phi) is 4.54. The molecule has 136 valence electrons. The number of halogens is 1. The zero-order valence-electron chi connectivity index (χ0n) is 13.7. The lowest BCUT2D eigenvalue weighted by Gasteiger charge is -2.18. The number of benzene rings is 1. The summed E-state index contributed by atoms with van der Waals surface area (Å²) in [5.41, 5.74) is 0.548. The quantitative estimate of drug-likeness (QED) is 0.734. The van der Waals surface area contributed by atoms with E-state index in [2.05, 4.69) is 0 Å². The highest BCUT2D eigenvalue weighted by atomic mass is 35.5. The van der Waals surface area contributed by atoms with E-state index < -0.39 is 11.1 Å². The average molecular weight is 395 g/mol. The summed E-state index contributed by atoms with van der Waals surface area (Å²) in [5.74, 6) is 0.383. The van der Waals surface area contributed by atoms with Crippen molar-refractivity contribution in [3.63, 3.8) is 0 Å². The Morgan fingerprint density at radius 2 is 1.88 bits per heavy atom. The molecule has 4 rings (SSSR count). The van der Waals surface area contributed by atoms with Crippen LogP contribution in [0.15, 0.2) is 17.0 Å². The van der Waals surface area contributed by atoms with Crippen molar-refractivity contribution >= 4 is 46.5 Å². The summed E-state index contributed by atoms with van der Waals surface area (Å²) in [6.45, 7) is 1.25. The van der Waals surface area contributed by atoms with E-state index in [1.165, 1.54) is 6.08 Å². The molecule has 3 aliphatic rings. The summed E-state index contributed by atoms with van der Waals surface area (Å²) >= 11 is 7.02. The van der Waals surface area contributed by atoms with Gasteiger partial charge in [0.1, 0.15) is 6.54 Å². The molecule has 0 bridgehead atoms. The van der Waals surface area contributed by atoms with Gasteiger partial charge in [-0.05, 0) is 42.3 Å². The Balaban J connectivity index is 1.53. The van der Waals surface area contributed by atoms with Gasteiger partial charge in [0.15, 0.2) is 11.5 Å². The maximum absolute atomic E-state index is 12.6. The van der Waals surface area contributed by atoms with Crippen LogP contribution in [0.5, 0.6) is 11.5 Å². The first-order valence-electron chi connectivity index (χ1n) is 8.15. The lowest BCUT2D eigenvalue weighted by Crippen LogP contribution is -2.40. The molecule has 0 spiro atoms. The molecule has 3 heterocycles. The molecule has 3 amide bonds. The van der Waals surface area contributed by atoms with Crippen LogP contribution in [-0.4, -0.2) is 53.3 Å². The summed E-state index contributed by atoms with van der Waals surface area (Å²) < 4.78 is 10.6. The number of carbonyl (C=O) groups is 3. The second kappa shape index (κ2) is 6.85. The molecule has 7 nitrogen and oxygen atoms in total. The van der Waals surface area contributed by atoms with Crippen molar-refractivity contribution in [2.24, 2.45) is 0 Å². The molecule has 0 aromatic heterocycles. The van der Waals surface area contributed by atoms with Gasteiger partial charge in [0.25, 0.3) is 11.1 Å². The van der Waals surface area contributed by atoms with Crippen LogP contribution < -0.4 is 9.47 Å². The highest BCUT2D eigenvalue weighted by Crippen LogP contribution is 2.39. The van der Waals surface area contributed by atoms with Crippen molar-refractivity contribution in [2.45, 2.75) is 12.8 Å². The second-order valence-electron chi connectivity index (χ2n) is 6.08. The molecule has 2 saturated heterocycles. The zero-order valence-corrected chi connectivity index (χ0v) is 15.3. The van der Waals surface area contributed by atoms with Crippen LogP contribution in [-0.2, 0) is 9.59 Å². The highest BCUT2D eigenvalue weighted by Gasteiger charge is 2.37. The molecule has 0 unspecified atom stereocenters. The molecule has 0 radical (unpaired) electrons. The molecule has 9 heteroatoms. The minimum atomic E-state index is -0.485. The molecule has 3 aliphatic heterocycles. The average Bonchev–Trinajstić information content (AvgIpc) is 3.33. The van der Waals surface area contributed by atoms with Gasteiger partial charge in [0, 0.05) is 19.2 Å². The van der Waals surface area contributed by atoms with E-state index in [-0.39, 0.29) is 24.2 Å². The van der Waals surface area contributed by atoms with E-state index in [0.29, 0.717) is 35.2 Å².